The number of carbonyl (C=O) groups excluding carboxylic acids is 1. The third kappa shape index (κ3) is 4.92. The molecule has 0 bridgehead atoms. The Balaban J connectivity index is 1.38. The highest BCUT2D eigenvalue weighted by Gasteiger charge is 2.12. The van der Waals surface area contributed by atoms with Gasteiger partial charge in [0.05, 0.1) is 6.10 Å². The van der Waals surface area contributed by atoms with Crippen molar-refractivity contribution >= 4 is 11.7 Å². The number of carbonyl (C=O) groups is 1. The number of fused-ring (bicyclic) bond motifs is 1. The number of benzene rings is 1. The molecule has 7 nitrogen and oxygen atoms in total. The standard InChI is InChI=1S/C21H27N5O2/c1-15-19(16(2)26-21(25-15)23-14-24-26)10-11-20(27)22-12-7-13-28-17(3)18-8-5-4-6-9-18/h4-6,8-9,14,17H,7,10-13H2,1-3H3,(H,22,27). The maximum absolute atomic E-state index is 12.2. The zero-order chi connectivity index (χ0) is 19.9. The first-order valence-corrected chi connectivity index (χ1v) is 9.65. The molecule has 0 aliphatic heterocycles. The molecule has 0 aliphatic rings. The van der Waals surface area contributed by atoms with Crippen molar-refractivity contribution in [3.05, 3.63) is 59.2 Å². The molecule has 7 heteroatoms. The van der Waals surface area contributed by atoms with E-state index < -0.39 is 0 Å². The topological polar surface area (TPSA) is 81.4 Å². The number of aromatic nitrogens is 4. The number of ether oxygens (including phenoxy) is 1. The molecule has 3 rings (SSSR count). The van der Waals surface area contributed by atoms with E-state index in [9.17, 15) is 4.79 Å². The van der Waals surface area contributed by atoms with Gasteiger partial charge in [-0.2, -0.15) is 10.1 Å². The summed E-state index contributed by atoms with van der Waals surface area (Å²) in [6.07, 6.45) is 3.39. The van der Waals surface area contributed by atoms with Gasteiger partial charge in [-0.1, -0.05) is 30.3 Å². The predicted molar refractivity (Wildman–Crippen MR) is 107 cm³/mol. The molecule has 3 aromatic rings. The summed E-state index contributed by atoms with van der Waals surface area (Å²) in [6.45, 7) is 7.19. The molecule has 1 atom stereocenters. The summed E-state index contributed by atoms with van der Waals surface area (Å²) in [5.41, 5.74) is 4.09. The van der Waals surface area contributed by atoms with Crippen LogP contribution in [-0.4, -0.2) is 38.6 Å². The van der Waals surface area contributed by atoms with Gasteiger partial charge in [-0.05, 0) is 44.7 Å². The van der Waals surface area contributed by atoms with Gasteiger partial charge in [0.1, 0.15) is 6.33 Å². The maximum Gasteiger partial charge on any atom is 0.252 e. The third-order valence-electron chi connectivity index (χ3n) is 4.87. The lowest BCUT2D eigenvalue weighted by Gasteiger charge is -2.13. The molecule has 1 aromatic carbocycles. The number of amides is 1. The second-order valence-corrected chi connectivity index (χ2v) is 6.86. The Morgan fingerprint density at radius 1 is 1.25 bits per heavy atom. The van der Waals surface area contributed by atoms with Crippen LogP contribution in [0.25, 0.3) is 5.78 Å². The maximum atomic E-state index is 12.2. The fourth-order valence-electron chi connectivity index (χ4n) is 3.22. The second kappa shape index (κ2) is 9.41. The van der Waals surface area contributed by atoms with E-state index in [2.05, 4.69) is 32.5 Å². The van der Waals surface area contributed by atoms with Crippen LogP contribution in [0.4, 0.5) is 0 Å². The Hall–Kier alpha value is -2.80. The Morgan fingerprint density at radius 3 is 2.82 bits per heavy atom. The zero-order valence-electron chi connectivity index (χ0n) is 16.7. The number of hydrogen-bond donors (Lipinski definition) is 1. The summed E-state index contributed by atoms with van der Waals surface area (Å²) in [6, 6.07) is 10.1. The number of nitrogens with one attached hydrogen (secondary N) is 1. The van der Waals surface area contributed by atoms with Crippen LogP contribution in [-0.2, 0) is 16.0 Å². The molecule has 28 heavy (non-hydrogen) atoms. The van der Waals surface area contributed by atoms with E-state index in [0.29, 0.717) is 31.8 Å². The van der Waals surface area contributed by atoms with Gasteiger partial charge in [0.25, 0.3) is 5.78 Å². The van der Waals surface area contributed by atoms with E-state index in [1.165, 1.54) is 6.33 Å². The lowest BCUT2D eigenvalue weighted by atomic mass is 10.1. The molecular formula is C21H27N5O2. The van der Waals surface area contributed by atoms with Crippen LogP contribution in [0.2, 0.25) is 0 Å². The Bertz CT molecular complexity index is 923. The summed E-state index contributed by atoms with van der Waals surface area (Å²) in [5.74, 6) is 0.626. The van der Waals surface area contributed by atoms with Crippen molar-refractivity contribution in [1.82, 2.24) is 24.9 Å². The molecular weight excluding hydrogens is 354 g/mol. The zero-order valence-corrected chi connectivity index (χ0v) is 16.7. The largest absolute Gasteiger partial charge is 0.374 e. The number of aryl methyl sites for hydroxylation is 2. The molecule has 0 spiro atoms. The van der Waals surface area contributed by atoms with Crippen molar-refractivity contribution in [2.45, 2.75) is 46.1 Å². The van der Waals surface area contributed by atoms with E-state index in [1.54, 1.807) is 4.52 Å². The average molecular weight is 381 g/mol. The van der Waals surface area contributed by atoms with Gasteiger partial charge in [-0.25, -0.2) is 9.50 Å². The quantitative estimate of drug-likeness (QED) is 0.576. The van der Waals surface area contributed by atoms with Gasteiger partial charge in [-0.15, -0.1) is 0 Å². The second-order valence-electron chi connectivity index (χ2n) is 6.86. The van der Waals surface area contributed by atoms with Crippen molar-refractivity contribution < 1.29 is 9.53 Å². The minimum atomic E-state index is 0.0357. The van der Waals surface area contributed by atoms with Crippen molar-refractivity contribution in [1.29, 1.82) is 0 Å². The predicted octanol–water partition coefficient (Wildman–Crippen LogP) is 2.96. The fraction of sp³-hybridized carbons (Fsp3) is 0.429. The van der Waals surface area contributed by atoms with Gasteiger partial charge < -0.3 is 10.1 Å². The van der Waals surface area contributed by atoms with Crippen molar-refractivity contribution in [3.8, 4) is 0 Å². The monoisotopic (exact) mass is 381 g/mol. The van der Waals surface area contributed by atoms with E-state index in [4.69, 9.17) is 4.74 Å². The minimum absolute atomic E-state index is 0.0357. The number of hydrogen-bond acceptors (Lipinski definition) is 5. The summed E-state index contributed by atoms with van der Waals surface area (Å²) < 4.78 is 7.54. The van der Waals surface area contributed by atoms with Gasteiger partial charge in [0, 0.05) is 31.0 Å². The highest BCUT2D eigenvalue weighted by molar-refractivity contribution is 5.76. The van der Waals surface area contributed by atoms with Crippen LogP contribution < -0.4 is 5.32 Å². The molecule has 1 amide bonds. The molecule has 0 saturated carbocycles. The van der Waals surface area contributed by atoms with Crippen LogP contribution in [0, 0.1) is 13.8 Å². The van der Waals surface area contributed by atoms with E-state index in [-0.39, 0.29) is 12.0 Å². The number of rotatable bonds is 9. The molecule has 0 radical (unpaired) electrons. The molecule has 148 valence electrons. The van der Waals surface area contributed by atoms with Crippen molar-refractivity contribution in [3.63, 3.8) is 0 Å². The van der Waals surface area contributed by atoms with Crippen LogP contribution in [0.3, 0.4) is 0 Å². The van der Waals surface area contributed by atoms with E-state index in [0.717, 1.165) is 28.9 Å². The summed E-state index contributed by atoms with van der Waals surface area (Å²) in [4.78, 5) is 20.7. The van der Waals surface area contributed by atoms with Gasteiger partial charge in [0.2, 0.25) is 5.91 Å². The molecule has 0 aliphatic carbocycles. The van der Waals surface area contributed by atoms with Crippen LogP contribution in [0.1, 0.15) is 48.4 Å². The molecule has 0 saturated heterocycles. The first-order valence-electron chi connectivity index (χ1n) is 9.65. The van der Waals surface area contributed by atoms with Gasteiger partial charge >= 0.3 is 0 Å². The summed E-state index contributed by atoms with van der Waals surface area (Å²) in [5, 5.41) is 7.15. The molecule has 0 fully saturated rings. The Kier molecular flexibility index (Phi) is 6.71. The van der Waals surface area contributed by atoms with Crippen molar-refractivity contribution in [2.24, 2.45) is 0 Å². The highest BCUT2D eigenvalue weighted by Crippen LogP contribution is 2.16. The third-order valence-corrected chi connectivity index (χ3v) is 4.87. The fourth-order valence-corrected chi connectivity index (χ4v) is 3.22. The SMILES string of the molecule is Cc1nc2ncnn2c(C)c1CCC(=O)NCCCOC(C)c1ccccc1. The molecule has 2 aromatic heterocycles. The summed E-state index contributed by atoms with van der Waals surface area (Å²) >= 11 is 0. The van der Waals surface area contributed by atoms with Crippen LogP contribution >= 0.6 is 0 Å². The van der Waals surface area contributed by atoms with Crippen molar-refractivity contribution in [2.75, 3.05) is 13.2 Å². The Labute approximate surface area is 165 Å². The molecule has 1 unspecified atom stereocenters. The number of nitrogens with zero attached hydrogens (tertiary/aromatic N) is 4. The summed E-state index contributed by atoms with van der Waals surface area (Å²) in [7, 11) is 0. The van der Waals surface area contributed by atoms with E-state index >= 15 is 0 Å². The first-order chi connectivity index (χ1) is 13.6. The van der Waals surface area contributed by atoms with Gasteiger partial charge in [0.15, 0.2) is 0 Å². The van der Waals surface area contributed by atoms with Crippen LogP contribution in [0.5, 0.6) is 0 Å². The Morgan fingerprint density at radius 2 is 2.04 bits per heavy atom. The normalized spacial score (nSPS) is 12.2. The van der Waals surface area contributed by atoms with E-state index in [1.807, 2.05) is 39.0 Å². The molecule has 2 heterocycles. The smallest absolute Gasteiger partial charge is 0.252 e. The van der Waals surface area contributed by atoms with Gasteiger partial charge in [-0.3, -0.25) is 4.79 Å². The first kappa shape index (κ1) is 19.9. The average Bonchev–Trinajstić information content (AvgIpc) is 3.16. The minimum Gasteiger partial charge on any atom is -0.374 e. The highest BCUT2D eigenvalue weighted by atomic mass is 16.5. The lowest BCUT2D eigenvalue weighted by Crippen LogP contribution is -2.26. The lowest BCUT2D eigenvalue weighted by molar-refractivity contribution is -0.121. The van der Waals surface area contributed by atoms with Crippen LogP contribution in [0.15, 0.2) is 36.7 Å². The molecule has 1 N–H and O–H groups in total.